The van der Waals surface area contributed by atoms with E-state index >= 15 is 0 Å². The molecule has 0 aromatic carbocycles. The van der Waals surface area contributed by atoms with Crippen LogP contribution < -0.4 is 0 Å². The molecule has 75 valence electrons. The molecule has 0 N–H and O–H groups in total. The summed E-state index contributed by atoms with van der Waals surface area (Å²) in [4.78, 5) is 18.3. The molecule has 1 aromatic heterocycles. The average molecular weight is 195 g/mol. The van der Waals surface area contributed by atoms with Gasteiger partial charge in [-0.3, -0.25) is 5.11 Å². The molecule has 14 heavy (non-hydrogen) atoms. The van der Waals surface area contributed by atoms with Gasteiger partial charge in [-0.25, -0.2) is 9.78 Å². The van der Waals surface area contributed by atoms with Gasteiger partial charge in [-0.05, 0) is 13.3 Å². The highest BCUT2D eigenvalue weighted by Crippen LogP contribution is 2.05. The number of aromatic nitrogens is 2. The lowest BCUT2D eigenvalue weighted by Gasteiger charge is -2.08. The molecule has 0 aliphatic carbocycles. The van der Waals surface area contributed by atoms with Gasteiger partial charge in [0.15, 0.2) is 0 Å². The van der Waals surface area contributed by atoms with E-state index in [-0.39, 0.29) is 11.9 Å². The van der Waals surface area contributed by atoms with Crippen LogP contribution in [0.4, 0.5) is 0 Å². The van der Waals surface area contributed by atoms with Crippen LogP contribution in [0.2, 0.25) is 0 Å². The van der Waals surface area contributed by atoms with Crippen molar-refractivity contribution < 1.29 is 14.6 Å². The third kappa shape index (κ3) is 2.69. The highest BCUT2D eigenvalue weighted by molar-refractivity contribution is 5.85. The van der Waals surface area contributed by atoms with E-state index in [1.165, 1.54) is 12.3 Å². The van der Waals surface area contributed by atoms with Crippen LogP contribution in [0.3, 0.4) is 0 Å². The molecule has 1 rings (SSSR count). The number of ether oxygens (including phenoxy) is 1. The maximum atomic E-state index is 11.3. The van der Waals surface area contributed by atoms with Crippen molar-refractivity contribution in [3.05, 3.63) is 18.1 Å². The van der Waals surface area contributed by atoms with Crippen molar-refractivity contribution in [2.45, 2.75) is 26.4 Å². The largest absolute Gasteiger partial charge is 0.457 e. The fourth-order valence-electron chi connectivity index (χ4n) is 0.759. The first kappa shape index (κ1) is 10.4. The number of esters is 1. The van der Waals surface area contributed by atoms with Crippen LogP contribution >= 0.6 is 0 Å². The maximum absolute atomic E-state index is 11.3. The van der Waals surface area contributed by atoms with Crippen LogP contribution in [0.25, 0.3) is 0 Å². The molecule has 0 bridgehead atoms. The number of hydrogen-bond acceptors (Lipinski definition) is 4. The lowest BCUT2D eigenvalue weighted by Crippen LogP contribution is -2.16. The fraction of sp³-hybridized carbons (Fsp3) is 0.444. The zero-order chi connectivity index (χ0) is 10.6. The van der Waals surface area contributed by atoms with Gasteiger partial charge >= 0.3 is 5.97 Å². The van der Waals surface area contributed by atoms with Crippen molar-refractivity contribution in [1.29, 1.82) is 0 Å². The molecule has 0 saturated heterocycles. The Morgan fingerprint density at radius 1 is 1.64 bits per heavy atom. The van der Waals surface area contributed by atoms with Crippen molar-refractivity contribution in [3.8, 4) is 5.88 Å². The van der Waals surface area contributed by atoms with E-state index in [2.05, 4.69) is 9.97 Å². The molecule has 1 radical (unpaired) electrons. The van der Waals surface area contributed by atoms with E-state index in [9.17, 15) is 9.90 Å². The molecule has 0 aliphatic heterocycles. The van der Waals surface area contributed by atoms with Crippen LogP contribution in [-0.4, -0.2) is 22.0 Å². The molecule has 0 amide bonds. The zero-order valence-corrected chi connectivity index (χ0v) is 8.06. The van der Waals surface area contributed by atoms with Crippen molar-refractivity contribution >= 4 is 5.97 Å². The molecule has 0 aliphatic rings. The molecule has 5 heteroatoms. The lowest BCUT2D eigenvalue weighted by atomic mass is 10.3. The molecule has 5 nitrogen and oxygen atoms in total. The molecule has 1 aromatic rings. The van der Waals surface area contributed by atoms with Gasteiger partial charge in [0.25, 0.3) is 5.88 Å². The Hall–Kier alpha value is -1.65. The molecule has 1 heterocycles. The Labute approximate surface area is 81.8 Å². The molecule has 0 fully saturated rings. The minimum Gasteiger partial charge on any atom is -0.457 e. The van der Waals surface area contributed by atoms with Crippen LogP contribution in [0.15, 0.2) is 12.3 Å². The summed E-state index contributed by atoms with van der Waals surface area (Å²) in [6.45, 7) is 3.65. The van der Waals surface area contributed by atoms with Crippen LogP contribution in [0.5, 0.6) is 5.88 Å². The van der Waals surface area contributed by atoms with Gasteiger partial charge in [0.2, 0.25) is 5.82 Å². The summed E-state index contributed by atoms with van der Waals surface area (Å²) in [5, 5.41) is 10.8. The minimum atomic E-state index is -0.656. The monoisotopic (exact) mass is 195 g/mol. The lowest BCUT2D eigenvalue weighted by molar-refractivity contribution is 0.0318. The third-order valence-corrected chi connectivity index (χ3v) is 1.70. The zero-order valence-electron chi connectivity index (χ0n) is 8.06. The first-order chi connectivity index (χ1) is 6.63. The first-order valence-electron chi connectivity index (χ1n) is 4.34. The van der Waals surface area contributed by atoms with Gasteiger partial charge in [0.05, 0.1) is 6.10 Å². The molecule has 1 atom stereocenters. The first-order valence-corrected chi connectivity index (χ1v) is 4.34. The molecular weight excluding hydrogens is 184 g/mol. The van der Waals surface area contributed by atoms with Crippen molar-refractivity contribution in [2.24, 2.45) is 0 Å². The Balaban J connectivity index is 2.70. The Bertz CT molecular complexity index is 328. The van der Waals surface area contributed by atoms with E-state index in [1.54, 1.807) is 6.92 Å². The summed E-state index contributed by atoms with van der Waals surface area (Å²) >= 11 is 0. The van der Waals surface area contributed by atoms with Crippen molar-refractivity contribution in [2.75, 3.05) is 0 Å². The number of carbonyl (C=O) groups excluding carboxylic acids is 1. The summed E-state index contributed by atoms with van der Waals surface area (Å²) < 4.78 is 4.94. The number of hydrogen-bond donors (Lipinski definition) is 0. The predicted molar refractivity (Wildman–Crippen MR) is 47.3 cm³/mol. The van der Waals surface area contributed by atoms with Gasteiger partial charge in [-0.15, -0.1) is 0 Å². The Morgan fingerprint density at radius 3 is 2.93 bits per heavy atom. The van der Waals surface area contributed by atoms with Gasteiger partial charge in [-0.1, -0.05) is 6.92 Å². The SMILES string of the molecule is CCC(C)OC(=O)c1nccc([O])n1. The second-order valence-corrected chi connectivity index (χ2v) is 2.84. The van der Waals surface area contributed by atoms with Gasteiger partial charge in [-0.2, -0.15) is 4.98 Å². The molecule has 0 spiro atoms. The fourth-order valence-corrected chi connectivity index (χ4v) is 0.759. The predicted octanol–water partition coefficient (Wildman–Crippen LogP) is 1.58. The minimum absolute atomic E-state index is 0.183. The number of nitrogens with zero attached hydrogens (tertiary/aromatic N) is 2. The van der Waals surface area contributed by atoms with Crippen LogP contribution in [0.1, 0.15) is 30.9 Å². The van der Waals surface area contributed by atoms with E-state index in [4.69, 9.17) is 4.74 Å². The molecule has 0 saturated carbocycles. The highest BCUT2D eigenvalue weighted by atomic mass is 16.5. The van der Waals surface area contributed by atoms with Crippen LogP contribution in [-0.2, 0) is 9.84 Å². The average Bonchev–Trinajstić information content (AvgIpc) is 2.17. The summed E-state index contributed by atoms with van der Waals surface area (Å²) in [5.41, 5.74) is 0. The smallest absolute Gasteiger partial charge is 0.376 e. The standard InChI is InChI=1S/C9H11N2O3/c1-3-6(2)14-9(13)8-10-5-4-7(12)11-8/h4-6H,3H2,1-2H3. The van der Waals surface area contributed by atoms with E-state index < -0.39 is 11.8 Å². The van der Waals surface area contributed by atoms with Crippen LogP contribution in [0, 0.1) is 0 Å². The summed E-state index contributed by atoms with van der Waals surface area (Å²) in [6, 6.07) is 1.18. The van der Waals surface area contributed by atoms with Crippen molar-refractivity contribution in [3.63, 3.8) is 0 Å². The summed E-state index contributed by atoms with van der Waals surface area (Å²) in [7, 11) is 0. The molecule has 1 unspecified atom stereocenters. The second kappa shape index (κ2) is 4.55. The van der Waals surface area contributed by atoms with Crippen molar-refractivity contribution in [1.82, 2.24) is 9.97 Å². The van der Waals surface area contributed by atoms with Gasteiger partial charge in [0.1, 0.15) is 0 Å². The van der Waals surface area contributed by atoms with Gasteiger partial charge in [0, 0.05) is 12.3 Å². The highest BCUT2D eigenvalue weighted by Gasteiger charge is 2.14. The normalized spacial score (nSPS) is 12.1. The quantitative estimate of drug-likeness (QED) is 0.686. The Morgan fingerprint density at radius 2 is 2.36 bits per heavy atom. The summed E-state index contributed by atoms with van der Waals surface area (Å²) in [5.74, 6) is -1.33. The third-order valence-electron chi connectivity index (χ3n) is 1.70. The maximum Gasteiger partial charge on any atom is 0.376 e. The topological polar surface area (TPSA) is 72.0 Å². The number of carbonyl (C=O) groups is 1. The summed E-state index contributed by atoms with van der Waals surface area (Å²) in [6.07, 6.45) is 1.76. The van der Waals surface area contributed by atoms with E-state index in [1.807, 2.05) is 6.92 Å². The second-order valence-electron chi connectivity index (χ2n) is 2.84. The van der Waals surface area contributed by atoms with E-state index in [0.717, 1.165) is 0 Å². The van der Waals surface area contributed by atoms with E-state index in [0.29, 0.717) is 6.42 Å². The van der Waals surface area contributed by atoms with Gasteiger partial charge < -0.3 is 4.74 Å². The number of rotatable bonds is 3. The molecular formula is C9H11N2O3. The Kier molecular flexibility index (Phi) is 3.39.